The van der Waals surface area contributed by atoms with Crippen LogP contribution in [0.1, 0.15) is 10.4 Å². The van der Waals surface area contributed by atoms with Crippen LogP contribution in [0.5, 0.6) is 0 Å². The number of aryl methyl sites for hydroxylation is 1. The first-order valence-electron chi connectivity index (χ1n) is 4.85. The summed E-state index contributed by atoms with van der Waals surface area (Å²) in [6.45, 7) is 2.87. The molecule has 84 valence electrons. The number of thiophene rings is 1. The number of anilines is 2. The van der Waals surface area contributed by atoms with Crippen molar-refractivity contribution >= 4 is 23.0 Å². The molecule has 0 bridgehead atoms. The molecule has 2 heterocycles. The van der Waals surface area contributed by atoms with Gasteiger partial charge in [0.05, 0.1) is 6.54 Å². The zero-order valence-electron chi connectivity index (χ0n) is 8.90. The van der Waals surface area contributed by atoms with E-state index in [4.69, 9.17) is 5.84 Å². The molecule has 0 atom stereocenters. The number of nitrogens with one attached hydrogen (secondary N) is 2. The number of nitrogens with zero attached hydrogens (tertiary/aromatic N) is 2. The summed E-state index contributed by atoms with van der Waals surface area (Å²) < 4.78 is 0. The van der Waals surface area contributed by atoms with Crippen LogP contribution in [0.15, 0.2) is 23.8 Å². The molecule has 2 aromatic heterocycles. The Balaban J connectivity index is 2.02. The summed E-state index contributed by atoms with van der Waals surface area (Å²) in [6, 6.07) is 3.87. The van der Waals surface area contributed by atoms with Gasteiger partial charge in [-0.15, -0.1) is 11.3 Å². The van der Waals surface area contributed by atoms with Crippen molar-refractivity contribution < 1.29 is 0 Å². The van der Waals surface area contributed by atoms with Gasteiger partial charge in [0.25, 0.3) is 0 Å². The molecule has 6 heteroatoms. The molecule has 4 N–H and O–H groups in total. The lowest BCUT2D eigenvalue weighted by atomic mass is 10.3. The van der Waals surface area contributed by atoms with Gasteiger partial charge in [0, 0.05) is 10.9 Å². The van der Waals surface area contributed by atoms with E-state index < -0.39 is 0 Å². The van der Waals surface area contributed by atoms with Gasteiger partial charge in [0.1, 0.15) is 18.0 Å². The van der Waals surface area contributed by atoms with Crippen molar-refractivity contribution in [2.24, 2.45) is 5.84 Å². The molecule has 0 aliphatic heterocycles. The van der Waals surface area contributed by atoms with Crippen LogP contribution < -0.4 is 16.6 Å². The number of hydrogen-bond donors (Lipinski definition) is 3. The lowest BCUT2D eigenvalue weighted by Crippen LogP contribution is -2.09. The summed E-state index contributed by atoms with van der Waals surface area (Å²) in [5, 5.41) is 5.31. The van der Waals surface area contributed by atoms with Crippen LogP contribution in [0.4, 0.5) is 11.6 Å². The highest BCUT2D eigenvalue weighted by Crippen LogP contribution is 2.17. The van der Waals surface area contributed by atoms with E-state index in [1.165, 1.54) is 16.8 Å². The second-order valence-electron chi connectivity index (χ2n) is 3.31. The SMILES string of the molecule is Cc1ccsc1CNc1cc(NN)ncn1. The van der Waals surface area contributed by atoms with E-state index in [1.807, 2.05) is 0 Å². The molecule has 0 radical (unpaired) electrons. The van der Waals surface area contributed by atoms with Gasteiger partial charge in [0.2, 0.25) is 0 Å². The lowest BCUT2D eigenvalue weighted by molar-refractivity contribution is 1.08. The van der Waals surface area contributed by atoms with Crippen molar-refractivity contribution in [3.8, 4) is 0 Å². The molecular formula is C10H13N5S. The third-order valence-corrected chi connectivity index (χ3v) is 3.24. The topological polar surface area (TPSA) is 75.9 Å². The summed E-state index contributed by atoms with van der Waals surface area (Å²) in [7, 11) is 0. The van der Waals surface area contributed by atoms with Gasteiger partial charge in [-0.2, -0.15) is 0 Å². The van der Waals surface area contributed by atoms with Crippen molar-refractivity contribution in [3.05, 3.63) is 34.3 Å². The van der Waals surface area contributed by atoms with Crippen molar-refractivity contribution in [2.75, 3.05) is 10.7 Å². The number of hydrazine groups is 1. The second kappa shape index (κ2) is 4.91. The Labute approximate surface area is 97.7 Å². The van der Waals surface area contributed by atoms with Gasteiger partial charge in [-0.1, -0.05) is 0 Å². The Morgan fingerprint density at radius 3 is 2.88 bits per heavy atom. The quantitative estimate of drug-likeness (QED) is 0.556. The molecule has 5 nitrogen and oxygen atoms in total. The van der Waals surface area contributed by atoms with Crippen LogP contribution in [-0.2, 0) is 6.54 Å². The van der Waals surface area contributed by atoms with E-state index in [1.54, 1.807) is 17.4 Å². The first-order valence-corrected chi connectivity index (χ1v) is 5.73. The molecule has 2 aromatic rings. The average Bonchev–Trinajstić information content (AvgIpc) is 2.72. The van der Waals surface area contributed by atoms with Gasteiger partial charge in [-0.3, -0.25) is 0 Å². The Hall–Kier alpha value is -1.66. The molecule has 0 saturated heterocycles. The second-order valence-corrected chi connectivity index (χ2v) is 4.31. The van der Waals surface area contributed by atoms with E-state index in [2.05, 4.69) is 39.1 Å². The minimum atomic E-state index is 0.598. The molecule has 0 saturated carbocycles. The summed E-state index contributed by atoms with van der Waals surface area (Å²) >= 11 is 1.73. The van der Waals surface area contributed by atoms with E-state index in [-0.39, 0.29) is 0 Å². The van der Waals surface area contributed by atoms with Crippen LogP contribution in [0.25, 0.3) is 0 Å². The highest BCUT2D eigenvalue weighted by molar-refractivity contribution is 7.10. The van der Waals surface area contributed by atoms with E-state index in [0.29, 0.717) is 5.82 Å². The minimum absolute atomic E-state index is 0.598. The number of nitrogen functional groups attached to an aromatic ring is 1. The summed E-state index contributed by atoms with van der Waals surface area (Å²) in [4.78, 5) is 9.35. The minimum Gasteiger partial charge on any atom is -0.365 e. The van der Waals surface area contributed by atoms with Gasteiger partial charge in [0.15, 0.2) is 0 Å². The van der Waals surface area contributed by atoms with Crippen LogP contribution in [0.3, 0.4) is 0 Å². The molecule has 0 unspecified atom stereocenters. The molecule has 0 spiro atoms. The van der Waals surface area contributed by atoms with Gasteiger partial charge >= 0.3 is 0 Å². The predicted molar refractivity (Wildman–Crippen MR) is 66.2 cm³/mol. The van der Waals surface area contributed by atoms with Crippen LogP contribution in [-0.4, -0.2) is 9.97 Å². The Morgan fingerprint density at radius 1 is 1.38 bits per heavy atom. The normalized spacial score (nSPS) is 10.1. The van der Waals surface area contributed by atoms with Crippen LogP contribution >= 0.6 is 11.3 Å². The maximum Gasteiger partial charge on any atom is 0.145 e. The molecule has 0 aliphatic rings. The zero-order chi connectivity index (χ0) is 11.4. The van der Waals surface area contributed by atoms with Gasteiger partial charge < -0.3 is 10.7 Å². The molecule has 0 fully saturated rings. The Bertz CT molecular complexity index is 468. The van der Waals surface area contributed by atoms with E-state index in [9.17, 15) is 0 Å². The molecule has 2 rings (SSSR count). The molecule has 16 heavy (non-hydrogen) atoms. The van der Waals surface area contributed by atoms with Crippen molar-refractivity contribution in [2.45, 2.75) is 13.5 Å². The zero-order valence-corrected chi connectivity index (χ0v) is 9.71. The monoisotopic (exact) mass is 235 g/mol. The van der Waals surface area contributed by atoms with Crippen molar-refractivity contribution in [1.29, 1.82) is 0 Å². The molecular weight excluding hydrogens is 222 g/mol. The van der Waals surface area contributed by atoms with Crippen LogP contribution in [0, 0.1) is 6.92 Å². The van der Waals surface area contributed by atoms with Gasteiger partial charge in [-0.25, -0.2) is 15.8 Å². The van der Waals surface area contributed by atoms with Gasteiger partial charge in [-0.05, 0) is 23.9 Å². The predicted octanol–water partition coefficient (Wildman–Crippen LogP) is 1.74. The Kier molecular flexibility index (Phi) is 3.33. The van der Waals surface area contributed by atoms with E-state index in [0.717, 1.165) is 12.4 Å². The molecule has 0 amide bonds. The fraction of sp³-hybridized carbons (Fsp3) is 0.200. The number of aromatic nitrogens is 2. The Morgan fingerprint density at radius 2 is 2.19 bits per heavy atom. The van der Waals surface area contributed by atoms with Crippen LogP contribution in [0.2, 0.25) is 0 Å². The number of rotatable bonds is 4. The fourth-order valence-corrected chi connectivity index (χ4v) is 2.13. The average molecular weight is 235 g/mol. The maximum atomic E-state index is 5.27. The largest absolute Gasteiger partial charge is 0.365 e. The maximum absolute atomic E-state index is 5.27. The third-order valence-electron chi connectivity index (χ3n) is 2.21. The summed E-state index contributed by atoms with van der Waals surface area (Å²) in [5.41, 5.74) is 3.78. The first kappa shape index (κ1) is 10.8. The van der Waals surface area contributed by atoms with E-state index >= 15 is 0 Å². The number of nitrogens with two attached hydrogens (primary N) is 1. The molecule has 0 aromatic carbocycles. The highest BCUT2D eigenvalue weighted by atomic mass is 32.1. The van der Waals surface area contributed by atoms with Crippen molar-refractivity contribution in [3.63, 3.8) is 0 Å². The first-order chi connectivity index (χ1) is 7.79. The number of hydrogen-bond acceptors (Lipinski definition) is 6. The fourth-order valence-electron chi connectivity index (χ4n) is 1.29. The summed E-state index contributed by atoms with van der Waals surface area (Å²) in [5.74, 6) is 6.63. The summed E-state index contributed by atoms with van der Waals surface area (Å²) in [6.07, 6.45) is 1.47. The standard InChI is InChI=1S/C10H13N5S/c1-7-2-3-16-8(7)5-12-9-4-10(15-11)14-6-13-9/h2-4,6H,5,11H2,1H3,(H2,12,13,14,15). The van der Waals surface area contributed by atoms with Crippen molar-refractivity contribution in [1.82, 2.24) is 9.97 Å². The smallest absolute Gasteiger partial charge is 0.145 e. The lowest BCUT2D eigenvalue weighted by Gasteiger charge is -2.05. The highest BCUT2D eigenvalue weighted by Gasteiger charge is 2.01. The molecule has 0 aliphatic carbocycles. The third kappa shape index (κ3) is 2.47.